The maximum atomic E-state index is 13.1. The molecule has 0 spiro atoms. The Labute approximate surface area is 191 Å². The van der Waals surface area contributed by atoms with E-state index in [9.17, 15) is 4.79 Å². The summed E-state index contributed by atoms with van der Waals surface area (Å²) in [4.78, 5) is 14.3. The number of benzene rings is 2. The summed E-state index contributed by atoms with van der Waals surface area (Å²) >= 11 is 14.9. The monoisotopic (exact) mass is 462 g/mol. The fourth-order valence-electron chi connectivity index (χ4n) is 3.95. The first-order valence-corrected chi connectivity index (χ1v) is 11.9. The maximum absolute atomic E-state index is 13.1. The molecule has 158 valence electrons. The van der Waals surface area contributed by atoms with Crippen LogP contribution in [0.4, 0.5) is 5.69 Å². The van der Waals surface area contributed by atoms with Crippen LogP contribution in [0.15, 0.2) is 41.3 Å². The summed E-state index contributed by atoms with van der Waals surface area (Å²) in [6, 6.07) is 9.48. The zero-order valence-electron chi connectivity index (χ0n) is 16.8. The van der Waals surface area contributed by atoms with E-state index in [0.29, 0.717) is 28.9 Å². The third kappa shape index (κ3) is 4.71. The van der Waals surface area contributed by atoms with Crippen molar-refractivity contribution >= 4 is 52.1 Å². The fourth-order valence-corrected chi connectivity index (χ4v) is 5.41. The summed E-state index contributed by atoms with van der Waals surface area (Å²) in [7, 11) is 0. The molecule has 7 heteroatoms. The average Bonchev–Trinajstić information content (AvgIpc) is 2.73. The lowest BCUT2D eigenvalue weighted by Gasteiger charge is -2.27. The largest absolute Gasteiger partial charge is 0.377 e. The van der Waals surface area contributed by atoms with Gasteiger partial charge in [-0.15, -0.1) is 11.8 Å². The van der Waals surface area contributed by atoms with Crippen LogP contribution in [0, 0.1) is 0 Å². The number of hydrogen-bond acceptors (Lipinski definition) is 4. The van der Waals surface area contributed by atoms with Gasteiger partial charge < -0.3 is 15.4 Å². The highest BCUT2D eigenvalue weighted by Crippen LogP contribution is 2.37. The minimum atomic E-state index is -0.398. The number of rotatable bonds is 5. The summed E-state index contributed by atoms with van der Waals surface area (Å²) in [6.07, 6.45) is 3.69. The lowest BCUT2D eigenvalue weighted by atomic mass is 9.94. The van der Waals surface area contributed by atoms with Crippen molar-refractivity contribution in [2.75, 3.05) is 30.8 Å². The van der Waals surface area contributed by atoms with Crippen molar-refractivity contribution in [2.45, 2.75) is 30.7 Å². The smallest absolute Gasteiger partial charge is 0.246 e. The molecule has 4 rings (SSSR count). The molecule has 2 aromatic carbocycles. The van der Waals surface area contributed by atoms with Gasteiger partial charge in [-0.3, -0.25) is 4.79 Å². The second-order valence-corrected chi connectivity index (χ2v) is 9.44. The van der Waals surface area contributed by atoms with E-state index in [0.717, 1.165) is 41.8 Å². The van der Waals surface area contributed by atoms with Crippen molar-refractivity contribution in [3.05, 3.63) is 63.1 Å². The van der Waals surface area contributed by atoms with E-state index in [4.69, 9.17) is 27.9 Å². The van der Waals surface area contributed by atoms with Gasteiger partial charge in [0, 0.05) is 22.7 Å². The maximum Gasteiger partial charge on any atom is 0.246 e. The molecule has 1 atom stereocenters. The van der Waals surface area contributed by atoms with Crippen LogP contribution in [-0.2, 0) is 16.0 Å². The predicted molar refractivity (Wildman–Crippen MR) is 126 cm³/mol. The Bertz CT molecular complexity index is 970. The molecule has 1 amide bonds. The summed E-state index contributed by atoms with van der Waals surface area (Å²) in [5.41, 5.74) is 4.75. The lowest BCUT2D eigenvalue weighted by Crippen LogP contribution is -2.38. The van der Waals surface area contributed by atoms with E-state index in [1.54, 1.807) is 12.1 Å². The van der Waals surface area contributed by atoms with Crippen molar-refractivity contribution in [3.8, 4) is 0 Å². The third-order valence-electron chi connectivity index (χ3n) is 5.34. The number of hydrogen-bond donors (Lipinski definition) is 2. The van der Waals surface area contributed by atoms with E-state index in [1.165, 1.54) is 10.5 Å². The van der Waals surface area contributed by atoms with E-state index in [-0.39, 0.29) is 5.91 Å². The molecular formula is C23H24Cl2N2O2S. The molecule has 0 fully saturated rings. The number of fused-ring (bicyclic) bond motifs is 1. The molecule has 0 aliphatic carbocycles. The molecule has 0 aromatic heterocycles. The molecule has 2 heterocycles. The molecule has 2 N–H and O–H groups in total. The molecule has 0 radical (unpaired) electrons. The lowest BCUT2D eigenvalue weighted by molar-refractivity contribution is -0.118. The Morgan fingerprint density at radius 3 is 2.73 bits per heavy atom. The zero-order valence-corrected chi connectivity index (χ0v) is 19.1. The molecule has 0 bridgehead atoms. The molecule has 0 saturated heterocycles. The van der Waals surface area contributed by atoms with Crippen LogP contribution >= 0.6 is 35.0 Å². The normalized spacial score (nSPS) is 18.5. The Kier molecular flexibility index (Phi) is 7.06. The molecule has 0 saturated carbocycles. The molecule has 2 aliphatic heterocycles. The SMILES string of the molecule is CCSc1ccc2c(c1)CCNC2C(=O)Nc1cc(Cl)c(C2=CCOCC2)c(Cl)c1. The van der Waals surface area contributed by atoms with Crippen LogP contribution < -0.4 is 10.6 Å². The van der Waals surface area contributed by atoms with Crippen molar-refractivity contribution in [2.24, 2.45) is 0 Å². The van der Waals surface area contributed by atoms with Crippen molar-refractivity contribution in [3.63, 3.8) is 0 Å². The number of anilines is 1. The van der Waals surface area contributed by atoms with Gasteiger partial charge >= 0.3 is 0 Å². The first-order chi connectivity index (χ1) is 14.6. The number of halogens is 2. The summed E-state index contributed by atoms with van der Waals surface area (Å²) in [6.45, 7) is 4.12. The van der Waals surface area contributed by atoms with Gasteiger partial charge in [-0.25, -0.2) is 0 Å². The van der Waals surface area contributed by atoms with E-state index < -0.39 is 6.04 Å². The second-order valence-electron chi connectivity index (χ2n) is 7.29. The highest BCUT2D eigenvalue weighted by molar-refractivity contribution is 7.99. The van der Waals surface area contributed by atoms with Gasteiger partial charge in [0.1, 0.15) is 6.04 Å². The summed E-state index contributed by atoms with van der Waals surface area (Å²) < 4.78 is 5.37. The molecule has 30 heavy (non-hydrogen) atoms. The average molecular weight is 463 g/mol. The van der Waals surface area contributed by atoms with E-state index in [2.05, 4.69) is 35.8 Å². The van der Waals surface area contributed by atoms with Gasteiger partial charge in [-0.2, -0.15) is 0 Å². The Hall–Kier alpha value is -1.50. The minimum absolute atomic E-state index is 0.114. The standard InChI is InChI=1S/C23H24Cl2N2O2S/c1-2-30-17-3-4-18-15(11-17)5-8-26-22(18)23(28)27-16-12-19(24)21(20(25)13-16)14-6-9-29-10-7-14/h3-4,6,11-13,22,26H,2,5,7-10H2,1H3,(H,27,28). The molecule has 4 nitrogen and oxygen atoms in total. The van der Waals surface area contributed by atoms with E-state index >= 15 is 0 Å². The minimum Gasteiger partial charge on any atom is -0.377 e. The van der Waals surface area contributed by atoms with Gasteiger partial charge in [-0.1, -0.05) is 42.3 Å². The third-order valence-corrected chi connectivity index (χ3v) is 6.81. The topological polar surface area (TPSA) is 50.4 Å². The quantitative estimate of drug-likeness (QED) is 0.556. The molecule has 1 unspecified atom stereocenters. The van der Waals surface area contributed by atoms with Gasteiger partial charge in [0.15, 0.2) is 0 Å². The van der Waals surface area contributed by atoms with Crippen LogP contribution in [0.1, 0.15) is 36.1 Å². The molecule has 2 aromatic rings. The highest BCUT2D eigenvalue weighted by atomic mass is 35.5. The van der Waals surface area contributed by atoms with Crippen molar-refractivity contribution in [1.82, 2.24) is 5.32 Å². The number of ether oxygens (including phenoxy) is 1. The van der Waals surface area contributed by atoms with Crippen molar-refractivity contribution in [1.29, 1.82) is 0 Å². The molecule has 2 aliphatic rings. The van der Waals surface area contributed by atoms with Gasteiger partial charge in [0.05, 0.1) is 23.3 Å². The van der Waals surface area contributed by atoms with Crippen LogP contribution in [-0.4, -0.2) is 31.4 Å². The second kappa shape index (κ2) is 9.75. The number of carbonyl (C=O) groups excluding carboxylic acids is 1. The predicted octanol–water partition coefficient (Wildman–Crippen LogP) is 5.73. The van der Waals surface area contributed by atoms with E-state index in [1.807, 2.05) is 17.8 Å². The Morgan fingerprint density at radius 1 is 1.23 bits per heavy atom. The van der Waals surface area contributed by atoms with Crippen LogP contribution in [0.3, 0.4) is 0 Å². The first-order valence-electron chi connectivity index (χ1n) is 10.1. The Morgan fingerprint density at radius 2 is 2.03 bits per heavy atom. The molecular weight excluding hydrogens is 439 g/mol. The van der Waals surface area contributed by atoms with Crippen LogP contribution in [0.2, 0.25) is 10.0 Å². The number of nitrogens with one attached hydrogen (secondary N) is 2. The summed E-state index contributed by atoms with van der Waals surface area (Å²) in [5.74, 6) is 0.916. The number of amides is 1. The fraction of sp³-hybridized carbons (Fsp3) is 0.348. The summed E-state index contributed by atoms with van der Waals surface area (Å²) in [5, 5.41) is 7.38. The van der Waals surface area contributed by atoms with Gasteiger partial charge in [0.25, 0.3) is 0 Å². The van der Waals surface area contributed by atoms with Crippen LogP contribution in [0.5, 0.6) is 0 Å². The van der Waals surface area contributed by atoms with Crippen LogP contribution in [0.25, 0.3) is 5.57 Å². The highest BCUT2D eigenvalue weighted by Gasteiger charge is 2.27. The zero-order chi connectivity index (χ0) is 21.1. The number of carbonyl (C=O) groups is 1. The van der Waals surface area contributed by atoms with Gasteiger partial charge in [0.2, 0.25) is 5.91 Å². The number of thioether (sulfide) groups is 1. The van der Waals surface area contributed by atoms with Crippen molar-refractivity contribution < 1.29 is 9.53 Å². The van der Waals surface area contributed by atoms with Gasteiger partial charge in [-0.05, 0) is 59.6 Å². The first kappa shape index (κ1) is 21.7. The Balaban J connectivity index is 1.54.